The Kier molecular flexibility index (Phi) is 6.17. The molecule has 0 aromatic heterocycles. The molecule has 4 heteroatoms. The lowest BCUT2D eigenvalue weighted by Gasteiger charge is -2.21. The molecule has 1 fully saturated rings. The van der Waals surface area contributed by atoms with Crippen molar-refractivity contribution in [3.05, 3.63) is 34.9 Å². The lowest BCUT2D eigenvalue weighted by Crippen LogP contribution is -2.28. The third-order valence-electron chi connectivity index (χ3n) is 3.08. The maximum absolute atomic E-state index is 12.0. The first kappa shape index (κ1) is 14.7. The number of carbonyl (C=O) groups excluding carboxylic acids is 1. The molecule has 94 valence electrons. The number of hydrogen-bond acceptors (Lipinski definition) is 2. The Morgan fingerprint density at radius 3 is 2.71 bits per heavy atom. The molecule has 0 radical (unpaired) electrons. The van der Waals surface area contributed by atoms with Crippen LogP contribution in [-0.4, -0.2) is 18.9 Å². The molecule has 1 aliphatic rings. The van der Waals surface area contributed by atoms with Gasteiger partial charge in [0.15, 0.2) is 5.78 Å². The fourth-order valence-corrected chi connectivity index (χ4v) is 2.32. The molecule has 17 heavy (non-hydrogen) atoms. The molecule has 1 saturated heterocycles. The Morgan fingerprint density at radius 2 is 2.06 bits per heavy atom. The Hall–Kier alpha value is -0.380. The second-order valence-electron chi connectivity index (χ2n) is 4.33. The molecule has 1 aromatic rings. The van der Waals surface area contributed by atoms with Crippen LogP contribution < -0.4 is 5.32 Å². The summed E-state index contributed by atoms with van der Waals surface area (Å²) in [7, 11) is 0. The number of benzene rings is 1. The first-order valence-electron chi connectivity index (χ1n) is 5.75. The number of nitrogens with one attached hydrogen (secondary N) is 1. The van der Waals surface area contributed by atoms with Crippen LogP contribution in [0.4, 0.5) is 0 Å². The van der Waals surface area contributed by atoms with E-state index in [9.17, 15) is 4.79 Å². The summed E-state index contributed by atoms with van der Waals surface area (Å²) in [6, 6.07) is 7.22. The molecule has 0 spiro atoms. The number of halogens is 2. The molecule has 2 rings (SSSR count). The largest absolute Gasteiger partial charge is 0.317 e. The van der Waals surface area contributed by atoms with Crippen molar-refractivity contribution in [2.24, 2.45) is 5.92 Å². The van der Waals surface area contributed by atoms with E-state index in [1.807, 2.05) is 12.1 Å². The van der Waals surface area contributed by atoms with E-state index in [1.54, 1.807) is 12.1 Å². The number of rotatable bonds is 3. The first-order valence-corrected chi connectivity index (χ1v) is 6.13. The van der Waals surface area contributed by atoms with E-state index in [0.29, 0.717) is 17.4 Å². The van der Waals surface area contributed by atoms with Gasteiger partial charge in [0.2, 0.25) is 0 Å². The van der Waals surface area contributed by atoms with Gasteiger partial charge in [0.05, 0.1) is 0 Å². The molecule has 1 N–H and O–H groups in total. The van der Waals surface area contributed by atoms with Gasteiger partial charge in [-0.2, -0.15) is 0 Å². The van der Waals surface area contributed by atoms with Crippen LogP contribution in [0.15, 0.2) is 24.3 Å². The molecule has 1 heterocycles. The number of hydrogen-bond donors (Lipinski definition) is 1. The van der Waals surface area contributed by atoms with Crippen molar-refractivity contribution in [1.82, 2.24) is 5.32 Å². The molecule has 0 amide bonds. The average Bonchev–Trinajstić information content (AvgIpc) is 2.30. The van der Waals surface area contributed by atoms with Crippen molar-refractivity contribution in [3.63, 3.8) is 0 Å². The quantitative estimate of drug-likeness (QED) is 0.864. The lowest BCUT2D eigenvalue weighted by atomic mass is 9.91. The second-order valence-corrected chi connectivity index (χ2v) is 4.77. The Morgan fingerprint density at radius 1 is 1.35 bits per heavy atom. The zero-order chi connectivity index (χ0) is 11.4. The van der Waals surface area contributed by atoms with Crippen LogP contribution in [-0.2, 0) is 0 Å². The van der Waals surface area contributed by atoms with Crippen molar-refractivity contribution < 1.29 is 4.79 Å². The Bertz CT molecular complexity index is 377. The minimum atomic E-state index is 0. The van der Waals surface area contributed by atoms with Crippen LogP contribution in [0.2, 0.25) is 5.02 Å². The van der Waals surface area contributed by atoms with Crippen molar-refractivity contribution in [3.8, 4) is 0 Å². The highest BCUT2D eigenvalue weighted by Crippen LogP contribution is 2.20. The van der Waals surface area contributed by atoms with Gasteiger partial charge in [0.1, 0.15) is 0 Å². The highest BCUT2D eigenvalue weighted by molar-refractivity contribution is 8.93. The zero-order valence-corrected chi connectivity index (χ0v) is 12.1. The van der Waals surface area contributed by atoms with Crippen LogP contribution in [0, 0.1) is 5.92 Å². The van der Waals surface area contributed by atoms with Gasteiger partial charge in [-0.15, -0.1) is 17.0 Å². The first-order chi connectivity index (χ1) is 7.75. The van der Waals surface area contributed by atoms with Crippen LogP contribution >= 0.6 is 28.6 Å². The van der Waals surface area contributed by atoms with Gasteiger partial charge >= 0.3 is 0 Å². The standard InChI is InChI=1S/C13H16ClNO.BrH/c14-12-3-1-2-11(9-12)13(16)8-10-4-6-15-7-5-10;/h1-3,9-10,15H,4-8H2;1H. The summed E-state index contributed by atoms with van der Waals surface area (Å²) >= 11 is 5.87. The molecule has 0 aliphatic carbocycles. The van der Waals surface area contributed by atoms with Crippen molar-refractivity contribution >= 4 is 34.4 Å². The van der Waals surface area contributed by atoms with E-state index < -0.39 is 0 Å². The minimum absolute atomic E-state index is 0. The van der Waals surface area contributed by atoms with Crippen LogP contribution in [0.5, 0.6) is 0 Å². The fourth-order valence-electron chi connectivity index (χ4n) is 2.13. The molecule has 2 nitrogen and oxygen atoms in total. The van der Waals surface area contributed by atoms with Gasteiger partial charge in [0, 0.05) is 17.0 Å². The summed E-state index contributed by atoms with van der Waals surface area (Å²) in [5.74, 6) is 0.752. The Balaban J connectivity index is 0.00000144. The summed E-state index contributed by atoms with van der Waals surface area (Å²) in [6.45, 7) is 2.07. The molecule has 1 aromatic carbocycles. The normalized spacial score (nSPS) is 16.3. The average molecular weight is 319 g/mol. The summed E-state index contributed by atoms with van der Waals surface area (Å²) in [5, 5.41) is 3.94. The fraction of sp³-hybridized carbons (Fsp3) is 0.462. The molecular weight excluding hydrogens is 302 g/mol. The van der Waals surface area contributed by atoms with Gasteiger partial charge in [-0.25, -0.2) is 0 Å². The molecular formula is C13H17BrClNO. The van der Waals surface area contributed by atoms with Gasteiger partial charge < -0.3 is 5.32 Å². The highest BCUT2D eigenvalue weighted by Gasteiger charge is 2.17. The maximum atomic E-state index is 12.0. The van der Waals surface area contributed by atoms with Gasteiger partial charge in [-0.05, 0) is 44.0 Å². The van der Waals surface area contributed by atoms with Crippen LogP contribution in [0.3, 0.4) is 0 Å². The summed E-state index contributed by atoms with van der Waals surface area (Å²) in [5.41, 5.74) is 0.742. The molecule has 0 bridgehead atoms. The monoisotopic (exact) mass is 317 g/mol. The third kappa shape index (κ3) is 4.41. The summed E-state index contributed by atoms with van der Waals surface area (Å²) < 4.78 is 0. The number of ketones is 1. The predicted molar refractivity (Wildman–Crippen MR) is 76.3 cm³/mol. The summed E-state index contributed by atoms with van der Waals surface area (Å²) in [6.07, 6.45) is 2.86. The Labute approximate surface area is 118 Å². The van der Waals surface area contributed by atoms with E-state index in [1.165, 1.54) is 0 Å². The zero-order valence-electron chi connectivity index (χ0n) is 9.62. The van der Waals surface area contributed by atoms with Crippen LogP contribution in [0.1, 0.15) is 29.6 Å². The second kappa shape index (κ2) is 7.14. The van der Waals surface area contributed by atoms with Gasteiger partial charge in [0.25, 0.3) is 0 Å². The van der Waals surface area contributed by atoms with Crippen molar-refractivity contribution in [1.29, 1.82) is 0 Å². The topological polar surface area (TPSA) is 29.1 Å². The van der Waals surface area contributed by atoms with E-state index in [2.05, 4.69) is 5.32 Å². The van der Waals surface area contributed by atoms with Gasteiger partial charge in [-0.3, -0.25) is 4.79 Å². The molecule has 0 unspecified atom stereocenters. The smallest absolute Gasteiger partial charge is 0.163 e. The SMILES string of the molecule is Br.O=C(CC1CCNCC1)c1cccc(Cl)c1. The van der Waals surface area contributed by atoms with Crippen molar-refractivity contribution in [2.75, 3.05) is 13.1 Å². The third-order valence-corrected chi connectivity index (χ3v) is 3.31. The summed E-state index contributed by atoms with van der Waals surface area (Å²) in [4.78, 5) is 12.0. The van der Waals surface area contributed by atoms with E-state index in [0.717, 1.165) is 31.5 Å². The van der Waals surface area contributed by atoms with E-state index >= 15 is 0 Å². The molecule has 1 aliphatic heterocycles. The minimum Gasteiger partial charge on any atom is -0.317 e. The lowest BCUT2D eigenvalue weighted by molar-refractivity contribution is 0.0952. The van der Waals surface area contributed by atoms with E-state index in [-0.39, 0.29) is 22.8 Å². The number of Topliss-reactive ketones (excluding diaryl/α,β-unsaturated/α-hetero) is 1. The molecule has 0 atom stereocenters. The maximum Gasteiger partial charge on any atom is 0.163 e. The van der Waals surface area contributed by atoms with Crippen molar-refractivity contribution in [2.45, 2.75) is 19.3 Å². The van der Waals surface area contributed by atoms with E-state index in [4.69, 9.17) is 11.6 Å². The number of carbonyl (C=O) groups is 1. The molecule has 0 saturated carbocycles. The predicted octanol–water partition coefficient (Wildman–Crippen LogP) is 3.49. The van der Waals surface area contributed by atoms with Gasteiger partial charge in [-0.1, -0.05) is 23.7 Å². The highest BCUT2D eigenvalue weighted by atomic mass is 79.9. The number of piperidine rings is 1. The van der Waals surface area contributed by atoms with Crippen LogP contribution in [0.25, 0.3) is 0 Å².